The molecule has 1 aliphatic heterocycles. The Labute approximate surface area is 113 Å². The Balaban J connectivity index is 1.71. The van der Waals surface area contributed by atoms with Crippen LogP contribution in [0.1, 0.15) is 46.0 Å². The second-order valence-electron chi connectivity index (χ2n) is 7.80. The number of hydrogen-bond donors (Lipinski definition) is 1. The Morgan fingerprint density at radius 1 is 1.16 bits per heavy atom. The van der Waals surface area contributed by atoms with Crippen molar-refractivity contribution in [1.29, 1.82) is 0 Å². The molecule has 1 N–H and O–H groups in total. The molecule has 1 spiro atoms. The highest BCUT2D eigenvalue weighted by atomic mass is 16.8. The van der Waals surface area contributed by atoms with Crippen LogP contribution in [0.5, 0.6) is 0 Å². The van der Waals surface area contributed by atoms with Gasteiger partial charge in [0.15, 0.2) is 5.79 Å². The summed E-state index contributed by atoms with van der Waals surface area (Å²) in [7, 11) is 0. The van der Waals surface area contributed by atoms with Gasteiger partial charge < -0.3 is 14.6 Å². The SMILES string of the molecule is CC1(C)COC2(O1)C1CC3CC2CC(C(=O)O)(C3)C1. The van der Waals surface area contributed by atoms with Gasteiger partial charge in [-0.1, -0.05) is 0 Å². The monoisotopic (exact) mass is 266 g/mol. The van der Waals surface area contributed by atoms with E-state index in [0.29, 0.717) is 12.5 Å². The van der Waals surface area contributed by atoms with Crippen molar-refractivity contribution < 1.29 is 19.4 Å². The van der Waals surface area contributed by atoms with E-state index < -0.39 is 17.2 Å². The second kappa shape index (κ2) is 3.34. The lowest BCUT2D eigenvalue weighted by atomic mass is 9.47. The van der Waals surface area contributed by atoms with Gasteiger partial charge in [0.2, 0.25) is 0 Å². The third-order valence-corrected chi connectivity index (χ3v) is 5.86. The number of aliphatic carboxylic acids is 1. The van der Waals surface area contributed by atoms with Gasteiger partial charge in [-0.05, 0) is 51.9 Å². The summed E-state index contributed by atoms with van der Waals surface area (Å²) in [4.78, 5) is 11.7. The van der Waals surface area contributed by atoms with Gasteiger partial charge in [0, 0.05) is 11.8 Å². The van der Waals surface area contributed by atoms with Crippen LogP contribution in [0, 0.1) is 23.2 Å². The molecule has 1 saturated heterocycles. The lowest BCUT2D eigenvalue weighted by Crippen LogP contribution is -2.63. The molecule has 5 fully saturated rings. The maximum atomic E-state index is 11.7. The van der Waals surface area contributed by atoms with E-state index in [-0.39, 0.29) is 17.4 Å². The highest BCUT2D eigenvalue weighted by molar-refractivity contribution is 5.75. The molecule has 0 radical (unpaired) electrons. The minimum absolute atomic E-state index is 0.230. The zero-order chi connectivity index (χ0) is 13.5. The number of rotatable bonds is 1. The van der Waals surface area contributed by atoms with E-state index in [9.17, 15) is 9.90 Å². The standard InChI is InChI=1S/C15H22O4/c1-13(2)8-18-15(19-13)10-3-9-4-11(15)7-14(5-9,6-10)12(16)17/h9-11H,3-8H2,1-2H3,(H,16,17). The molecule has 2 atom stereocenters. The van der Waals surface area contributed by atoms with Crippen molar-refractivity contribution in [3.63, 3.8) is 0 Å². The third kappa shape index (κ3) is 1.44. The average molecular weight is 266 g/mol. The first-order valence-corrected chi connectivity index (χ1v) is 7.43. The first kappa shape index (κ1) is 12.2. The molecule has 5 aliphatic rings. The average Bonchev–Trinajstić information content (AvgIpc) is 2.63. The van der Waals surface area contributed by atoms with Crippen molar-refractivity contribution in [3.8, 4) is 0 Å². The Morgan fingerprint density at radius 2 is 1.79 bits per heavy atom. The topological polar surface area (TPSA) is 55.8 Å². The van der Waals surface area contributed by atoms with E-state index in [1.165, 1.54) is 0 Å². The van der Waals surface area contributed by atoms with Crippen molar-refractivity contribution in [2.24, 2.45) is 23.2 Å². The molecule has 0 amide bonds. The molecule has 5 rings (SSSR count). The van der Waals surface area contributed by atoms with Crippen molar-refractivity contribution in [3.05, 3.63) is 0 Å². The maximum Gasteiger partial charge on any atom is 0.309 e. The van der Waals surface area contributed by atoms with E-state index >= 15 is 0 Å². The molecule has 4 heteroatoms. The summed E-state index contributed by atoms with van der Waals surface area (Å²) in [6, 6.07) is 0. The molecule has 2 unspecified atom stereocenters. The van der Waals surface area contributed by atoms with Crippen LogP contribution in [-0.4, -0.2) is 29.1 Å². The highest BCUT2D eigenvalue weighted by Gasteiger charge is 2.68. The van der Waals surface area contributed by atoms with Crippen LogP contribution in [0.4, 0.5) is 0 Å². The van der Waals surface area contributed by atoms with Crippen LogP contribution >= 0.6 is 0 Å². The molecule has 0 aromatic carbocycles. The zero-order valence-corrected chi connectivity index (χ0v) is 11.6. The summed E-state index contributed by atoms with van der Waals surface area (Å²) in [5.74, 6) is 0.0433. The Kier molecular flexibility index (Phi) is 2.14. The predicted molar refractivity (Wildman–Crippen MR) is 67.5 cm³/mol. The van der Waals surface area contributed by atoms with Gasteiger partial charge >= 0.3 is 5.97 Å². The predicted octanol–water partition coefficient (Wildman–Crippen LogP) is 2.42. The van der Waals surface area contributed by atoms with Gasteiger partial charge in [-0.2, -0.15) is 0 Å². The van der Waals surface area contributed by atoms with Gasteiger partial charge in [-0.15, -0.1) is 0 Å². The second-order valence-corrected chi connectivity index (χ2v) is 7.80. The van der Waals surface area contributed by atoms with Crippen molar-refractivity contribution >= 4 is 5.97 Å². The summed E-state index contributed by atoms with van der Waals surface area (Å²) in [6.07, 6.45) is 4.52. The molecule has 4 bridgehead atoms. The van der Waals surface area contributed by atoms with Crippen molar-refractivity contribution in [2.45, 2.75) is 57.3 Å². The first-order valence-electron chi connectivity index (χ1n) is 7.43. The van der Waals surface area contributed by atoms with E-state index in [1.807, 2.05) is 0 Å². The molecule has 106 valence electrons. The Bertz CT molecular complexity index is 425. The lowest BCUT2D eigenvalue weighted by Gasteiger charge is -2.61. The van der Waals surface area contributed by atoms with Gasteiger partial charge in [-0.3, -0.25) is 4.79 Å². The van der Waals surface area contributed by atoms with E-state index in [1.54, 1.807) is 0 Å². The van der Waals surface area contributed by atoms with Crippen LogP contribution in [0.15, 0.2) is 0 Å². The van der Waals surface area contributed by atoms with Crippen LogP contribution < -0.4 is 0 Å². The maximum absolute atomic E-state index is 11.7. The summed E-state index contributed by atoms with van der Waals surface area (Å²) >= 11 is 0. The van der Waals surface area contributed by atoms with Crippen molar-refractivity contribution in [1.82, 2.24) is 0 Å². The summed E-state index contributed by atoms with van der Waals surface area (Å²) in [6.45, 7) is 4.77. The quantitative estimate of drug-likeness (QED) is 0.792. The van der Waals surface area contributed by atoms with Gasteiger partial charge in [0.1, 0.15) is 0 Å². The number of hydrogen-bond acceptors (Lipinski definition) is 3. The van der Waals surface area contributed by atoms with E-state index in [4.69, 9.17) is 9.47 Å². The van der Waals surface area contributed by atoms with Gasteiger partial charge in [-0.25, -0.2) is 0 Å². The normalized spacial score (nSPS) is 53.9. The molecule has 4 nitrogen and oxygen atoms in total. The molecule has 4 aliphatic carbocycles. The number of ether oxygens (including phenoxy) is 2. The Hall–Kier alpha value is -0.610. The number of carbonyl (C=O) groups is 1. The molecular formula is C15H22O4. The van der Waals surface area contributed by atoms with Gasteiger partial charge in [0.05, 0.1) is 17.6 Å². The zero-order valence-electron chi connectivity index (χ0n) is 11.6. The summed E-state index contributed by atoms with van der Waals surface area (Å²) in [5, 5.41) is 9.63. The third-order valence-electron chi connectivity index (χ3n) is 5.86. The molecule has 19 heavy (non-hydrogen) atoms. The number of carboxylic acid groups (broad SMARTS) is 1. The minimum atomic E-state index is -0.598. The first-order chi connectivity index (χ1) is 8.85. The van der Waals surface area contributed by atoms with Crippen molar-refractivity contribution in [2.75, 3.05) is 6.61 Å². The van der Waals surface area contributed by atoms with E-state index in [2.05, 4.69) is 13.8 Å². The van der Waals surface area contributed by atoms with Crippen LogP contribution in [0.3, 0.4) is 0 Å². The fraction of sp³-hybridized carbons (Fsp3) is 0.933. The summed E-state index contributed by atoms with van der Waals surface area (Å²) in [5.41, 5.74) is -0.715. The fourth-order valence-corrected chi connectivity index (χ4v) is 5.37. The Morgan fingerprint density at radius 3 is 2.26 bits per heavy atom. The minimum Gasteiger partial charge on any atom is -0.481 e. The largest absolute Gasteiger partial charge is 0.481 e. The smallest absolute Gasteiger partial charge is 0.309 e. The fourth-order valence-electron chi connectivity index (χ4n) is 5.37. The van der Waals surface area contributed by atoms with E-state index in [0.717, 1.165) is 32.1 Å². The molecule has 1 heterocycles. The molecule has 0 aromatic heterocycles. The lowest BCUT2D eigenvalue weighted by molar-refractivity contribution is -0.312. The van der Waals surface area contributed by atoms with Crippen LogP contribution in [0.25, 0.3) is 0 Å². The highest BCUT2D eigenvalue weighted by Crippen LogP contribution is 2.66. The molecule has 0 aromatic rings. The number of carboxylic acids is 1. The molecular weight excluding hydrogens is 244 g/mol. The van der Waals surface area contributed by atoms with Crippen LogP contribution in [0.2, 0.25) is 0 Å². The molecule has 4 saturated carbocycles. The van der Waals surface area contributed by atoms with Gasteiger partial charge in [0.25, 0.3) is 0 Å². The summed E-state index contributed by atoms with van der Waals surface area (Å²) < 4.78 is 12.5. The van der Waals surface area contributed by atoms with Crippen LogP contribution in [-0.2, 0) is 14.3 Å².